The lowest BCUT2D eigenvalue weighted by atomic mass is 9.84. The maximum absolute atomic E-state index is 11.4. The van der Waals surface area contributed by atoms with Crippen LogP contribution in [0.1, 0.15) is 87.5 Å². The molecule has 5 N–H and O–H groups in total. The number of aromatic nitrogens is 1. The number of likely N-dealkylation sites (N-methyl/N-ethyl adjacent to an activating group) is 1. The van der Waals surface area contributed by atoms with E-state index in [0.717, 1.165) is 24.1 Å². The number of hydrogen-bond donors (Lipinski definition) is 4. The first kappa shape index (κ1) is 36.7. The van der Waals surface area contributed by atoms with Crippen LogP contribution in [0.3, 0.4) is 0 Å². The zero-order valence-electron chi connectivity index (χ0n) is 25.5. The lowest BCUT2D eigenvalue weighted by molar-refractivity contribution is -0.148. The Hall–Kier alpha value is -3.30. The number of nitrogen functional groups attached to an aromatic ring is 1. The smallest absolute Gasteiger partial charge is 0.309 e. The van der Waals surface area contributed by atoms with Crippen LogP contribution in [0.2, 0.25) is 0 Å². The number of carboxylic acid groups (broad SMARTS) is 1. The molecule has 1 heterocycles. The highest BCUT2D eigenvalue weighted by Gasteiger charge is 2.30. The second kappa shape index (κ2) is 19.0. The van der Waals surface area contributed by atoms with Gasteiger partial charge in [0.2, 0.25) is 0 Å². The average molecular weight is 603 g/mol. The molecule has 2 aromatic rings. The number of aldehydes is 1. The van der Waals surface area contributed by atoms with Gasteiger partial charge in [0.05, 0.1) is 12.0 Å². The quantitative estimate of drug-likeness (QED) is 0.0495. The number of thiazole rings is 1. The van der Waals surface area contributed by atoms with Crippen LogP contribution in [0.25, 0.3) is 0 Å². The Kier molecular flexibility index (Phi) is 16.6. The molecule has 0 fully saturated rings. The van der Waals surface area contributed by atoms with E-state index in [2.05, 4.69) is 21.7 Å². The summed E-state index contributed by atoms with van der Waals surface area (Å²) >= 11 is 1.30. The number of nitrogens with two attached hydrogens (primary N) is 1. The minimum atomic E-state index is -0.764. The molecule has 0 spiro atoms. The number of rotatable bonds is 17. The fourth-order valence-corrected chi connectivity index (χ4v) is 4.72. The highest BCUT2D eigenvalue weighted by molar-refractivity contribution is 7.09. The molecule has 0 aliphatic heterocycles. The first-order valence-corrected chi connectivity index (χ1v) is 14.8. The number of nitrogens with one attached hydrogen (secondary N) is 2. The standard InChI is InChI=1S/C17H24N2O4S.C14H22N2O2/c1-5-6-7-8-22-19-15(12(2)3)9-16(23-13(4)21)17-18-14(10-20)11-24-17;1-14(2,13(17)18)9-12(16-3)8-10-4-6-11(15)7-5-10/h1,10-12,15-16,19H,6-9H2,2-4H3;4-7,12,16H,8-9,15H2,1-3H3,(H,17,18). The molecule has 0 saturated heterocycles. The summed E-state index contributed by atoms with van der Waals surface area (Å²) in [5.41, 5.74) is 10.2. The van der Waals surface area contributed by atoms with Gasteiger partial charge in [0.15, 0.2) is 12.4 Å². The minimum Gasteiger partial charge on any atom is -0.481 e. The predicted molar refractivity (Wildman–Crippen MR) is 166 cm³/mol. The van der Waals surface area contributed by atoms with Crippen LogP contribution in [-0.2, 0) is 25.6 Å². The molecule has 3 atom stereocenters. The predicted octanol–water partition coefficient (Wildman–Crippen LogP) is 4.81. The van der Waals surface area contributed by atoms with Crippen LogP contribution < -0.4 is 16.5 Å². The molecule has 0 radical (unpaired) electrons. The van der Waals surface area contributed by atoms with E-state index in [1.807, 2.05) is 45.2 Å². The first-order chi connectivity index (χ1) is 19.8. The van der Waals surface area contributed by atoms with E-state index in [9.17, 15) is 14.4 Å². The summed E-state index contributed by atoms with van der Waals surface area (Å²) in [6.45, 7) is 9.47. The van der Waals surface area contributed by atoms with Gasteiger partial charge in [-0.25, -0.2) is 4.98 Å². The van der Waals surface area contributed by atoms with Crippen LogP contribution in [-0.4, -0.2) is 54.1 Å². The molecule has 2 rings (SSSR count). The molecule has 3 unspecified atom stereocenters. The number of carbonyl (C=O) groups is 3. The summed E-state index contributed by atoms with van der Waals surface area (Å²) in [6.07, 6.45) is 8.69. The molecule has 10 nitrogen and oxygen atoms in total. The third-order valence-electron chi connectivity index (χ3n) is 6.52. The van der Waals surface area contributed by atoms with Crippen LogP contribution >= 0.6 is 11.3 Å². The van der Waals surface area contributed by atoms with E-state index >= 15 is 0 Å². The summed E-state index contributed by atoms with van der Waals surface area (Å²) in [7, 11) is 1.86. The molecule has 11 heteroatoms. The Labute approximate surface area is 253 Å². The highest BCUT2D eigenvalue weighted by Crippen LogP contribution is 2.28. The Bertz CT molecular complexity index is 1140. The van der Waals surface area contributed by atoms with Gasteiger partial charge in [-0.3, -0.25) is 14.4 Å². The highest BCUT2D eigenvalue weighted by atomic mass is 32.1. The number of anilines is 1. The number of esters is 1. The van der Waals surface area contributed by atoms with Crippen molar-refractivity contribution in [1.29, 1.82) is 0 Å². The molecule has 0 aliphatic rings. The molecular weight excluding hydrogens is 556 g/mol. The molecule has 1 aromatic heterocycles. The second-order valence-electron chi connectivity index (χ2n) is 11.0. The van der Waals surface area contributed by atoms with Crippen molar-refractivity contribution in [3.05, 3.63) is 45.9 Å². The lowest BCUT2D eigenvalue weighted by Gasteiger charge is -2.25. The number of terminal acetylenes is 1. The number of unbranched alkanes of at least 4 members (excludes halogenated alkanes) is 1. The third-order valence-corrected chi connectivity index (χ3v) is 7.48. The van der Waals surface area contributed by atoms with Crippen molar-refractivity contribution in [3.8, 4) is 12.3 Å². The monoisotopic (exact) mass is 602 g/mol. The molecule has 0 bridgehead atoms. The van der Waals surface area contributed by atoms with Crippen molar-refractivity contribution in [2.75, 3.05) is 19.4 Å². The Morgan fingerprint density at radius 1 is 1.26 bits per heavy atom. The minimum absolute atomic E-state index is 0.0382. The van der Waals surface area contributed by atoms with Gasteiger partial charge >= 0.3 is 11.9 Å². The van der Waals surface area contributed by atoms with Crippen LogP contribution in [0.5, 0.6) is 0 Å². The summed E-state index contributed by atoms with van der Waals surface area (Å²) in [4.78, 5) is 43.0. The summed E-state index contributed by atoms with van der Waals surface area (Å²) in [5.74, 6) is 1.66. The number of nitrogens with zero attached hydrogens (tertiary/aromatic N) is 1. The Morgan fingerprint density at radius 2 is 1.93 bits per heavy atom. The summed E-state index contributed by atoms with van der Waals surface area (Å²) in [6, 6.07) is 7.79. The van der Waals surface area contributed by atoms with E-state index < -0.39 is 17.5 Å². The van der Waals surface area contributed by atoms with Crippen molar-refractivity contribution in [3.63, 3.8) is 0 Å². The van der Waals surface area contributed by atoms with Gasteiger partial charge in [-0.05, 0) is 63.8 Å². The van der Waals surface area contributed by atoms with Gasteiger partial charge in [0.25, 0.3) is 0 Å². The van der Waals surface area contributed by atoms with Gasteiger partial charge in [-0.15, -0.1) is 23.7 Å². The number of benzene rings is 1. The van der Waals surface area contributed by atoms with Crippen molar-refractivity contribution < 1.29 is 29.1 Å². The fourth-order valence-electron chi connectivity index (χ4n) is 3.92. The van der Waals surface area contributed by atoms with E-state index in [0.29, 0.717) is 42.9 Å². The zero-order valence-corrected chi connectivity index (χ0v) is 26.3. The van der Waals surface area contributed by atoms with Gasteiger partial charge in [-0.2, -0.15) is 5.48 Å². The summed E-state index contributed by atoms with van der Waals surface area (Å²) in [5, 5.41) is 14.6. The van der Waals surface area contributed by atoms with Crippen LogP contribution in [0.15, 0.2) is 29.6 Å². The topological polar surface area (TPSA) is 153 Å². The first-order valence-electron chi connectivity index (χ1n) is 14.0. The normalized spacial score (nSPS) is 13.3. The van der Waals surface area contributed by atoms with Crippen LogP contribution in [0, 0.1) is 23.7 Å². The molecule has 1 aromatic carbocycles. The SMILES string of the molecule is C#CCCCONC(CC(OC(C)=O)c1nc(C=O)cs1)C(C)C.CNC(Cc1ccc(N)cc1)CC(C)(C)C(=O)O. The summed E-state index contributed by atoms with van der Waals surface area (Å²) < 4.78 is 5.39. The van der Waals surface area contributed by atoms with E-state index in [1.165, 1.54) is 18.3 Å². The fraction of sp³-hybridized carbons (Fsp3) is 0.548. The Balaban J connectivity index is 0.000000437. The number of aliphatic carboxylic acids is 1. The van der Waals surface area contributed by atoms with Gasteiger partial charge < -0.3 is 25.7 Å². The second-order valence-corrected chi connectivity index (χ2v) is 11.9. The molecule has 42 heavy (non-hydrogen) atoms. The molecular formula is C31H46N4O6S. The van der Waals surface area contributed by atoms with E-state index in [1.54, 1.807) is 19.2 Å². The van der Waals surface area contributed by atoms with E-state index in [-0.39, 0.29) is 24.0 Å². The maximum Gasteiger partial charge on any atom is 0.309 e. The zero-order chi connectivity index (χ0) is 31.7. The largest absolute Gasteiger partial charge is 0.481 e. The van der Waals surface area contributed by atoms with Gasteiger partial charge in [0, 0.05) is 42.9 Å². The molecule has 232 valence electrons. The number of hydroxylamine groups is 1. The molecule has 0 aliphatic carbocycles. The van der Waals surface area contributed by atoms with Crippen LogP contribution in [0.4, 0.5) is 5.69 Å². The van der Waals surface area contributed by atoms with Crippen molar-refractivity contribution in [1.82, 2.24) is 15.8 Å². The average Bonchev–Trinajstić information content (AvgIpc) is 3.42. The maximum atomic E-state index is 11.4. The number of ether oxygens (including phenoxy) is 1. The Morgan fingerprint density at radius 3 is 2.43 bits per heavy atom. The van der Waals surface area contributed by atoms with E-state index in [4.69, 9.17) is 26.8 Å². The van der Waals surface area contributed by atoms with Crippen molar-refractivity contribution in [2.45, 2.75) is 84.9 Å². The third kappa shape index (κ3) is 14.0. The van der Waals surface area contributed by atoms with Gasteiger partial charge in [-0.1, -0.05) is 26.0 Å². The van der Waals surface area contributed by atoms with Crippen molar-refractivity contribution >= 4 is 35.2 Å². The lowest BCUT2D eigenvalue weighted by Crippen LogP contribution is -2.36. The van der Waals surface area contributed by atoms with Crippen molar-refractivity contribution in [2.24, 2.45) is 11.3 Å². The number of carbonyl (C=O) groups excluding carboxylic acids is 2. The molecule has 0 amide bonds. The molecule has 0 saturated carbocycles. The number of hydrogen-bond acceptors (Lipinski definition) is 10. The number of carboxylic acids is 1. The van der Waals surface area contributed by atoms with Gasteiger partial charge in [0.1, 0.15) is 10.7 Å².